The minimum absolute atomic E-state index is 0.380. The van der Waals surface area contributed by atoms with E-state index >= 15 is 0 Å². The Morgan fingerprint density at radius 1 is 1.50 bits per heavy atom. The Balaban J connectivity index is 2.78. The quantitative estimate of drug-likeness (QED) is 0.770. The first kappa shape index (κ1) is 15.1. The molecule has 0 bridgehead atoms. The van der Waals surface area contributed by atoms with Gasteiger partial charge in [-0.25, -0.2) is 0 Å². The van der Waals surface area contributed by atoms with Gasteiger partial charge in [0.1, 0.15) is 10.7 Å². The summed E-state index contributed by atoms with van der Waals surface area (Å²) in [7, 11) is 0. The molecule has 100 valence electrons. The van der Waals surface area contributed by atoms with Gasteiger partial charge in [-0.1, -0.05) is 45.5 Å². The van der Waals surface area contributed by atoms with Crippen molar-refractivity contribution < 1.29 is 0 Å². The number of nitrogens with two attached hydrogens (primary N) is 1. The fourth-order valence-electron chi connectivity index (χ4n) is 1.90. The summed E-state index contributed by atoms with van der Waals surface area (Å²) in [4.78, 5) is 7.06. The van der Waals surface area contributed by atoms with Crippen LogP contribution in [-0.2, 0) is 6.54 Å². The minimum atomic E-state index is 0.380. The van der Waals surface area contributed by atoms with Gasteiger partial charge in [0.25, 0.3) is 0 Å². The van der Waals surface area contributed by atoms with E-state index in [9.17, 15) is 0 Å². The molecule has 4 heteroatoms. The van der Waals surface area contributed by atoms with Gasteiger partial charge in [-0.3, -0.25) is 9.88 Å². The van der Waals surface area contributed by atoms with E-state index in [1.54, 1.807) is 6.20 Å². The number of aromatic nitrogens is 1. The lowest BCUT2D eigenvalue weighted by atomic mass is 10.1. The molecule has 1 rings (SSSR count). The zero-order valence-electron chi connectivity index (χ0n) is 11.5. The Morgan fingerprint density at radius 3 is 2.78 bits per heavy atom. The Kier molecular flexibility index (Phi) is 6.22. The van der Waals surface area contributed by atoms with Crippen LogP contribution in [0.3, 0.4) is 0 Å². The molecule has 1 atom stereocenters. The maximum absolute atomic E-state index is 5.71. The number of hydrogen-bond acceptors (Lipinski definition) is 3. The van der Waals surface area contributed by atoms with Crippen molar-refractivity contribution in [1.29, 1.82) is 0 Å². The Labute approximate surface area is 115 Å². The average Bonchev–Trinajstić information content (AvgIpc) is 2.38. The van der Waals surface area contributed by atoms with Crippen LogP contribution in [0.25, 0.3) is 0 Å². The van der Waals surface area contributed by atoms with E-state index in [4.69, 9.17) is 18.0 Å². The van der Waals surface area contributed by atoms with Gasteiger partial charge in [0.2, 0.25) is 0 Å². The number of pyridine rings is 1. The molecule has 0 aliphatic rings. The fraction of sp³-hybridized carbons (Fsp3) is 0.571. The highest BCUT2D eigenvalue weighted by Gasteiger charge is 2.12. The molecule has 0 aliphatic carbocycles. The molecule has 1 aromatic rings. The molecule has 1 heterocycles. The van der Waals surface area contributed by atoms with Gasteiger partial charge in [0.05, 0.1) is 0 Å². The van der Waals surface area contributed by atoms with Crippen molar-refractivity contribution in [3.8, 4) is 0 Å². The van der Waals surface area contributed by atoms with Crippen LogP contribution in [0.2, 0.25) is 0 Å². The highest BCUT2D eigenvalue weighted by molar-refractivity contribution is 7.80. The van der Waals surface area contributed by atoms with Crippen molar-refractivity contribution in [2.45, 2.75) is 33.7 Å². The summed E-state index contributed by atoms with van der Waals surface area (Å²) in [6.45, 7) is 9.67. The molecule has 2 N–H and O–H groups in total. The molecule has 0 fully saturated rings. The van der Waals surface area contributed by atoms with E-state index in [0.717, 1.165) is 30.9 Å². The van der Waals surface area contributed by atoms with Crippen molar-refractivity contribution in [3.63, 3.8) is 0 Å². The van der Waals surface area contributed by atoms with Crippen molar-refractivity contribution in [1.82, 2.24) is 9.88 Å². The number of nitrogens with zero attached hydrogens (tertiary/aromatic N) is 2. The molecule has 0 aliphatic heterocycles. The third-order valence-corrected chi connectivity index (χ3v) is 3.43. The molecule has 0 amide bonds. The molecule has 3 nitrogen and oxygen atoms in total. The summed E-state index contributed by atoms with van der Waals surface area (Å²) >= 11 is 5.05. The van der Waals surface area contributed by atoms with E-state index in [-0.39, 0.29) is 0 Å². The van der Waals surface area contributed by atoms with E-state index in [2.05, 4.69) is 36.7 Å². The van der Waals surface area contributed by atoms with Crippen LogP contribution in [0.5, 0.6) is 0 Å². The second-order valence-corrected chi connectivity index (χ2v) is 5.16. The standard InChI is InChI=1S/C14H23N3S/c1-4-11(3)9-17(5-2)10-12-7-6-8-16-13(12)14(15)18/h6-8,11H,4-5,9-10H2,1-3H3,(H2,15,18). The van der Waals surface area contributed by atoms with Crippen molar-refractivity contribution in [2.24, 2.45) is 11.7 Å². The van der Waals surface area contributed by atoms with Crippen LogP contribution < -0.4 is 5.73 Å². The molecule has 1 unspecified atom stereocenters. The molecule has 0 aromatic carbocycles. The second kappa shape index (κ2) is 7.44. The third-order valence-electron chi connectivity index (χ3n) is 3.23. The van der Waals surface area contributed by atoms with Crippen LogP contribution in [0, 0.1) is 5.92 Å². The van der Waals surface area contributed by atoms with Crippen molar-refractivity contribution >= 4 is 17.2 Å². The summed E-state index contributed by atoms with van der Waals surface area (Å²) in [5.41, 5.74) is 7.59. The predicted molar refractivity (Wildman–Crippen MR) is 80.5 cm³/mol. The van der Waals surface area contributed by atoms with Gasteiger partial charge in [0.15, 0.2) is 0 Å². The molecule has 0 radical (unpaired) electrons. The predicted octanol–water partition coefficient (Wildman–Crippen LogP) is 2.58. The molecule has 0 spiro atoms. The normalized spacial score (nSPS) is 12.7. The molecule has 1 aromatic heterocycles. The van der Waals surface area contributed by atoms with Gasteiger partial charge in [-0.2, -0.15) is 0 Å². The minimum Gasteiger partial charge on any atom is -0.388 e. The Hall–Kier alpha value is -1.00. The number of thiocarbonyl (C=S) groups is 1. The molecular weight excluding hydrogens is 242 g/mol. The molecule has 18 heavy (non-hydrogen) atoms. The van der Waals surface area contributed by atoms with Crippen molar-refractivity contribution in [3.05, 3.63) is 29.6 Å². The highest BCUT2D eigenvalue weighted by Crippen LogP contribution is 2.12. The van der Waals surface area contributed by atoms with E-state index in [1.807, 2.05) is 6.07 Å². The maximum Gasteiger partial charge on any atom is 0.123 e. The lowest BCUT2D eigenvalue weighted by molar-refractivity contribution is 0.238. The highest BCUT2D eigenvalue weighted by atomic mass is 32.1. The first-order valence-electron chi connectivity index (χ1n) is 6.54. The lowest BCUT2D eigenvalue weighted by Crippen LogP contribution is -2.29. The molecular formula is C14H23N3S. The zero-order valence-corrected chi connectivity index (χ0v) is 12.3. The van der Waals surface area contributed by atoms with Crippen LogP contribution in [0.1, 0.15) is 38.4 Å². The SMILES string of the molecule is CCC(C)CN(CC)Cc1cccnc1C(N)=S. The topological polar surface area (TPSA) is 42.2 Å². The summed E-state index contributed by atoms with van der Waals surface area (Å²) in [6.07, 6.45) is 2.94. The van der Waals surface area contributed by atoms with Crippen LogP contribution in [0.15, 0.2) is 18.3 Å². The van der Waals surface area contributed by atoms with Crippen LogP contribution in [-0.4, -0.2) is 28.0 Å². The van der Waals surface area contributed by atoms with Gasteiger partial charge >= 0.3 is 0 Å². The number of rotatable bonds is 7. The van der Waals surface area contributed by atoms with Gasteiger partial charge < -0.3 is 5.73 Å². The maximum atomic E-state index is 5.71. The van der Waals surface area contributed by atoms with Gasteiger partial charge in [-0.15, -0.1) is 0 Å². The monoisotopic (exact) mass is 265 g/mol. The molecule has 0 saturated heterocycles. The summed E-state index contributed by atoms with van der Waals surface area (Å²) < 4.78 is 0. The first-order chi connectivity index (χ1) is 8.58. The Morgan fingerprint density at radius 2 is 2.22 bits per heavy atom. The van der Waals surface area contributed by atoms with Crippen LogP contribution >= 0.6 is 12.2 Å². The van der Waals surface area contributed by atoms with Gasteiger partial charge in [0, 0.05) is 19.3 Å². The lowest BCUT2D eigenvalue weighted by Gasteiger charge is -2.24. The average molecular weight is 265 g/mol. The van der Waals surface area contributed by atoms with Crippen molar-refractivity contribution in [2.75, 3.05) is 13.1 Å². The van der Waals surface area contributed by atoms with Crippen LogP contribution in [0.4, 0.5) is 0 Å². The van der Waals surface area contributed by atoms with E-state index in [1.165, 1.54) is 6.42 Å². The number of hydrogen-bond donors (Lipinski definition) is 1. The zero-order chi connectivity index (χ0) is 13.5. The van der Waals surface area contributed by atoms with E-state index < -0.39 is 0 Å². The van der Waals surface area contributed by atoms with E-state index in [0.29, 0.717) is 10.9 Å². The second-order valence-electron chi connectivity index (χ2n) is 4.72. The molecule has 0 saturated carbocycles. The largest absolute Gasteiger partial charge is 0.388 e. The third kappa shape index (κ3) is 4.35. The smallest absolute Gasteiger partial charge is 0.123 e. The summed E-state index contributed by atoms with van der Waals surface area (Å²) in [5.74, 6) is 0.704. The van der Waals surface area contributed by atoms with Gasteiger partial charge in [-0.05, 0) is 24.1 Å². The summed E-state index contributed by atoms with van der Waals surface area (Å²) in [6, 6.07) is 4.00. The fourth-order valence-corrected chi connectivity index (χ4v) is 2.09. The Bertz CT molecular complexity index is 392. The summed E-state index contributed by atoms with van der Waals surface area (Å²) in [5, 5.41) is 0. The first-order valence-corrected chi connectivity index (χ1v) is 6.95.